The van der Waals surface area contributed by atoms with E-state index in [1.54, 1.807) is 18.2 Å². The Morgan fingerprint density at radius 3 is 2.52 bits per heavy atom. The molecule has 3 N–H and O–H groups in total. The van der Waals surface area contributed by atoms with Crippen LogP contribution in [-0.4, -0.2) is 29.7 Å². The Hall–Kier alpha value is -2.11. The molecule has 0 saturated heterocycles. The highest BCUT2D eigenvalue weighted by atomic mass is 19.1. The number of urea groups is 1. The smallest absolute Gasteiger partial charge is 0.315 e. The van der Waals surface area contributed by atoms with E-state index in [1.165, 1.54) is 6.07 Å². The highest BCUT2D eigenvalue weighted by Gasteiger charge is 2.19. The maximum atomic E-state index is 13.4. The summed E-state index contributed by atoms with van der Waals surface area (Å²) in [4.78, 5) is 22.4. The van der Waals surface area contributed by atoms with Crippen LogP contribution in [0.25, 0.3) is 0 Å². The summed E-state index contributed by atoms with van der Waals surface area (Å²) in [6.07, 6.45) is 0.254. The van der Waals surface area contributed by atoms with Crippen molar-refractivity contribution >= 4 is 12.0 Å². The van der Waals surface area contributed by atoms with Gasteiger partial charge in [-0.2, -0.15) is 0 Å². The van der Waals surface area contributed by atoms with Crippen molar-refractivity contribution in [2.75, 3.05) is 6.54 Å². The molecule has 5 nitrogen and oxygen atoms in total. The van der Waals surface area contributed by atoms with E-state index >= 15 is 0 Å². The van der Waals surface area contributed by atoms with Gasteiger partial charge in [-0.1, -0.05) is 32.0 Å². The number of hydrogen-bond donors (Lipinski definition) is 3. The first-order valence-electron chi connectivity index (χ1n) is 6.89. The number of carbonyl (C=O) groups is 2. The summed E-state index contributed by atoms with van der Waals surface area (Å²) in [7, 11) is 0. The molecule has 0 aliphatic carbocycles. The third-order valence-corrected chi connectivity index (χ3v) is 3.15. The lowest BCUT2D eigenvalue weighted by atomic mass is 10.0. The molecule has 116 valence electrons. The van der Waals surface area contributed by atoms with Crippen LogP contribution in [0.2, 0.25) is 0 Å². The lowest BCUT2D eigenvalue weighted by molar-refractivity contribution is -0.137. The highest BCUT2D eigenvalue weighted by molar-refractivity contribution is 5.75. The first-order chi connectivity index (χ1) is 9.90. The molecule has 21 heavy (non-hydrogen) atoms. The summed E-state index contributed by atoms with van der Waals surface area (Å²) in [5.41, 5.74) is 0.531. The minimum Gasteiger partial charge on any atom is -0.481 e. The van der Waals surface area contributed by atoms with Gasteiger partial charge in [0.1, 0.15) is 5.82 Å². The molecule has 1 rings (SSSR count). The van der Waals surface area contributed by atoms with E-state index in [9.17, 15) is 14.0 Å². The molecule has 1 aromatic rings. The molecule has 0 bridgehead atoms. The first-order valence-corrected chi connectivity index (χ1v) is 6.89. The van der Waals surface area contributed by atoms with Crippen LogP contribution in [0.5, 0.6) is 0 Å². The molecular formula is C15H21FN2O3. The zero-order valence-electron chi connectivity index (χ0n) is 12.2. The van der Waals surface area contributed by atoms with Gasteiger partial charge < -0.3 is 15.7 Å². The number of amides is 2. The molecule has 0 aromatic heterocycles. The Bertz CT molecular complexity index is 492. The Labute approximate surface area is 123 Å². The number of aliphatic carboxylic acids is 1. The van der Waals surface area contributed by atoms with Crippen LogP contribution >= 0.6 is 0 Å². The average Bonchev–Trinajstić information content (AvgIpc) is 2.39. The van der Waals surface area contributed by atoms with Gasteiger partial charge in [0.05, 0.1) is 6.42 Å². The van der Waals surface area contributed by atoms with Crippen LogP contribution < -0.4 is 10.6 Å². The molecule has 0 saturated carbocycles. The van der Waals surface area contributed by atoms with Gasteiger partial charge in [0.15, 0.2) is 0 Å². The van der Waals surface area contributed by atoms with Crippen molar-refractivity contribution in [1.29, 1.82) is 0 Å². The summed E-state index contributed by atoms with van der Waals surface area (Å²) in [6, 6.07) is 5.51. The predicted octanol–water partition coefficient (Wildman–Crippen LogP) is 2.17. The standard InChI is InChI=1S/C15H21FN2O3/c1-10(2)13(9-14(19)20)18-15(21)17-8-7-11-5-3-4-6-12(11)16/h3-6,10,13H,7-9H2,1-2H3,(H,19,20)(H2,17,18,21). The molecule has 6 heteroatoms. The van der Waals surface area contributed by atoms with Gasteiger partial charge in [-0.3, -0.25) is 4.79 Å². The predicted molar refractivity (Wildman–Crippen MR) is 77.5 cm³/mol. The molecule has 0 radical (unpaired) electrons. The fourth-order valence-electron chi connectivity index (χ4n) is 1.87. The van der Waals surface area contributed by atoms with Crippen LogP contribution in [-0.2, 0) is 11.2 Å². The number of carboxylic acids is 1. The molecule has 0 fully saturated rings. The van der Waals surface area contributed by atoms with E-state index in [0.717, 1.165) is 0 Å². The number of halogens is 1. The number of nitrogens with one attached hydrogen (secondary N) is 2. The number of carbonyl (C=O) groups excluding carboxylic acids is 1. The normalized spacial score (nSPS) is 12.0. The Morgan fingerprint density at radius 2 is 1.95 bits per heavy atom. The Morgan fingerprint density at radius 1 is 1.29 bits per heavy atom. The second-order valence-electron chi connectivity index (χ2n) is 5.19. The van der Waals surface area contributed by atoms with E-state index in [4.69, 9.17) is 5.11 Å². The minimum atomic E-state index is -0.958. The topological polar surface area (TPSA) is 78.4 Å². The van der Waals surface area contributed by atoms with Gasteiger partial charge in [0.25, 0.3) is 0 Å². The fourth-order valence-corrected chi connectivity index (χ4v) is 1.87. The van der Waals surface area contributed by atoms with Crippen molar-refractivity contribution < 1.29 is 19.1 Å². The van der Waals surface area contributed by atoms with Gasteiger partial charge in [-0.05, 0) is 24.0 Å². The number of rotatable bonds is 7. The van der Waals surface area contributed by atoms with Gasteiger partial charge in [0.2, 0.25) is 0 Å². The quantitative estimate of drug-likeness (QED) is 0.721. The second-order valence-corrected chi connectivity index (χ2v) is 5.19. The summed E-state index contributed by atoms with van der Waals surface area (Å²) in [6.45, 7) is 3.96. The maximum Gasteiger partial charge on any atom is 0.315 e. The van der Waals surface area contributed by atoms with Crippen molar-refractivity contribution in [3.8, 4) is 0 Å². The largest absolute Gasteiger partial charge is 0.481 e. The first kappa shape index (κ1) is 16.9. The monoisotopic (exact) mass is 296 g/mol. The number of carboxylic acid groups (broad SMARTS) is 1. The molecule has 1 aromatic carbocycles. The fraction of sp³-hybridized carbons (Fsp3) is 0.467. The SMILES string of the molecule is CC(C)C(CC(=O)O)NC(=O)NCCc1ccccc1F. The van der Waals surface area contributed by atoms with Crippen molar-refractivity contribution in [2.45, 2.75) is 32.7 Å². The van der Waals surface area contributed by atoms with Crippen LogP contribution in [0.4, 0.5) is 9.18 Å². The highest BCUT2D eigenvalue weighted by Crippen LogP contribution is 2.07. The van der Waals surface area contributed by atoms with E-state index in [0.29, 0.717) is 12.0 Å². The van der Waals surface area contributed by atoms with Gasteiger partial charge in [0, 0.05) is 12.6 Å². The summed E-state index contributed by atoms with van der Waals surface area (Å²) < 4.78 is 13.4. The second kappa shape index (κ2) is 8.24. The minimum absolute atomic E-state index is 0.0124. The Kier molecular flexibility index (Phi) is 6.65. The van der Waals surface area contributed by atoms with Gasteiger partial charge in [-0.25, -0.2) is 9.18 Å². The van der Waals surface area contributed by atoms with Crippen LogP contribution in [0.1, 0.15) is 25.8 Å². The zero-order valence-corrected chi connectivity index (χ0v) is 12.2. The molecule has 0 aliphatic rings. The average molecular weight is 296 g/mol. The van der Waals surface area contributed by atoms with E-state index in [1.807, 2.05) is 13.8 Å². The van der Waals surface area contributed by atoms with Crippen LogP contribution in [0.3, 0.4) is 0 Å². The zero-order chi connectivity index (χ0) is 15.8. The van der Waals surface area contributed by atoms with Gasteiger partial charge >= 0.3 is 12.0 Å². The van der Waals surface area contributed by atoms with Crippen molar-refractivity contribution in [3.05, 3.63) is 35.6 Å². The van der Waals surface area contributed by atoms with Crippen molar-refractivity contribution in [3.63, 3.8) is 0 Å². The van der Waals surface area contributed by atoms with E-state index in [-0.39, 0.29) is 24.7 Å². The lowest BCUT2D eigenvalue weighted by Gasteiger charge is -2.20. The lowest BCUT2D eigenvalue weighted by Crippen LogP contribution is -2.45. The Balaban J connectivity index is 2.39. The number of hydrogen-bond acceptors (Lipinski definition) is 2. The van der Waals surface area contributed by atoms with Crippen molar-refractivity contribution in [1.82, 2.24) is 10.6 Å². The summed E-state index contributed by atoms with van der Waals surface area (Å²) in [5, 5.41) is 14.0. The third kappa shape index (κ3) is 6.25. The molecule has 1 atom stereocenters. The molecular weight excluding hydrogens is 275 g/mol. The summed E-state index contributed by atoms with van der Waals surface area (Å²) >= 11 is 0. The van der Waals surface area contributed by atoms with Crippen LogP contribution in [0.15, 0.2) is 24.3 Å². The van der Waals surface area contributed by atoms with E-state index in [2.05, 4.69) is 10.6 Å². The third-order valence-electron chi connectivity index (χ3n) is 3.15. The molecule has 0 spiro atoms. The molecule has 1 unspecified atom stereocenters. The van der Waals surface area contributed by atoms with Crippen LogP contribution in [0, 0.1) is 11.7 Å². The molecule has 0 aliphatic heterocycles. The molecule has 2 amide bonds. The molecule has 0 heterocycles. The number of benzene rings is 1. The summed E-state index contributed by atoms with van der Waals surface area (Å²) in [5.74, 6) is -1.25. The van der Waals surface area contributed by atoms with E-state index < -0.39 is 18.0 Å². The van der Waals surface area contributed by atoms with Crippen molar-refractivity contribution in [2.24, 2.45) is 5.92 Å². The van der Waals surface area contributed by atoms with Gasteiger partial charge in [-0.15, -0.1) is 0 Å². The maximum absolute atomic E-state index is 13.4.